The number of hydrogen-bond donors (Lipinski definition) is 2. The van der Waals surface area contributed by atoms with Crippen molar-refractivity contribution in [1.29, 1.82) is 0 Å². The topological polar surface area (TPSA) is 54.0 Å². The summed E-state index contributed by atoms with van der Waals surface area (Å²) in [5.74, 6) is 0.0217. The van der Waals surface area contributed by atoms with Gasteiger partial charge < -0.3 is 10.6 Å². The van der Waals surface area contributed by atoms with Gasteiger partial charge in [-0.15, -0.1) is 0 Å². The van der Waals surface area contributed by atoms with Crippen LogP contribution in [0.2, 0.25) is 0 Å². The van der Waals surface area contributed by atoms with Gasteiger partial charge in [-0.1, -0.05) is 0 Å². The van der Waals surface area contributed by atoms with Crippen molar-refractivity contribution in [2.75, 3.05) is 7.05 Å². The lowest BCUT2D eigenvalue weighted by Crippen LogP contribution is -2.41. The third-order valence-corrected chi connectivity index (χ3v) is 3.63. The minimum atomic E-state index is 0.0217. The number of carbonyl (C=O) groups excluding carboxylic acids is 1. The summed E-state index contributed by atoms with van der Waals surface area (Å²) in [6.07, 6.45) is 6.07. The maximum absolute atomic E-state index is 12.1. The fourth-order valence-electron chi connectivity index (χ4n) is 2.48. The Labute approximate surface area is 108 Å². The maximum atomic E-state index is 12.1. The van der Waals surface area contributed by atoms with Crippen molar-refractivity contribution in [1.82, 2.24) is 15.6 Å². The fourth-order valence-corrected chi connectivity index (χ4v) is 2.48. The lowest BCUT2D eigenvalue weighted by atomic mass is 9.91. The Balaban J connectivity index is 1.89. The van der Waals surface area contributed by atoms with Crippen molar-refractivity contribution in [3.05, 3.63) is 29.6 Å². The van der Waals surface area contributed by atoms with Gasteiger partial charge in [-0.2, -0.15) is 0 Å². The van der Waals surface area contributed by atoms with Crippen LogP contribution in [0.5, 0.6) is 0 Å². The molecule has 1 fully saturated rings. The molecule has 0 aliphatic heterocycles. The lowest BCUT2D eigenvalue weighted by Gasteiger charge is -2.28. The van der Waals surface area contributed by atoms with Gasteiger partial charge in [0.05, 0.1) is 0 Å². The zero-order chi connectivity index (χ0) is 13.0. The first-order valence-corrected chi connectivity index (χ1v) is 6.60. The number of carbonyl (C=O) groups is 1. The van der Waals surface area contributed by atoms with Gasteiger partial charge in [0.25, 0.3) is 5.91 Å². The van der Waals surface area contributed by atoms with E-state index in [4.69, 9.17) is 0 Å². The van der Waals surface area contributed by atoms with Crippen LogP contribution in [0.4, 0.5) is 0 Å². The van der Waals surface area contributed by atoms with Crippen molar-refractivity contribution in [2.24, 2.45) is 0 Å². The van der Waals surface area contributed by atoms with Crippen LogP contribution in [-0.2, 0) is 0 Å². The standard InChI is InChI=1S/C14H21N3O/c1-10-9-11(7-8-16-10)14(18)17-13-5-3-12(15-2)4-6-13/h7-9,12-13,15H,3-6H2,1-2H3,(H,17,18). The molecule has 0 saturated heterocycles. The molecule has 1 aliphatic rings. The highest BCUT2D eigenvalue weighted by Crippen LogP contribution is 2.18. The van der Waals surface area contributed by atoms with E-state index in [1.807, 2.05) is 20.0 Å². The number of rotatable bonds is 3. The Morgan fingerprint density at radius 2 is 1.94 bits per heavy atom. The van der Waals surface area contributed by atoms with E-state index in [0.717, 1.165) is 31.4 Å². The molecule has 0 radical (unpaired) electrons. The zero-order valence-electron chi connectivity index (χ0n) is 11.1. The second kappa shape index (κ2) is 5.96. The quantitative estimate of drug-likeness (QED) is 0.854. The van der Waals surface area contributed by atoms with Crippen molar-refractivity contribution in [2.45, 2.75) is 44.7 Å². The first-order chi connectivity index (χ1) is 8.69. The van der Waals surface area contributed by atoms with Crippen molar-refractivity contribution >= 4 is 5.91 Å². The molecule has 0 atom stereocenters. The van der Waals surface area contributed by atoms with Crippen LogP contribution in [0.25, 0.3) is 0 Å². The molecule has 18 heavy (non-hydrogen) atoms. The molecular weight excluding hydrogens is 226 g/mol. The van der Waals surface area contributed by atoms with E-state index in [0.29, 0.717) is 17.6 Å². The number of pyridine rings is 1. The highest BCUT2D eigenvalue weighted by atomic mass is 16.1. The highest BCUT2D eigenvalue weighted by Gasteiger charge is 2.21. The summed E-state index contributed by atoms with van der Waals surface area (Å²) >= 11 is 0. The van der Waals surface area contributed by atoms with Crippen LogP contribution >= 0.6 is 0 Å². The van der Waals surface area contributed by atoms with Gasteiger partial charge in [0.2, 0.25) is 0 Å². The van der Waals surface area contributed by atoms with E-state index in [1.54, 1.807) is 12.3 Å². The molecule has 0 spiro atoms. The van der Waals surface area contributed by atoms with E-state index in [2.05, 4.69) is 15.6 Å². The van der Waals surface area contributed by atoms with Crippen molar-refractivity contribution in [3.8, 4) is 0 Å². The molecular formula is C14H21N3O. The summed E-state index contributed by atoms with van der Waals surface area (Å²) in [5.41, 5.74) is 1.58. The molecule has 1 heterocycles. The van der Waals surface area contributed by atoms with Crippen LogP contribution in [0, 0.1) is 6.92 Å². The molecule has 1 aromatic heterocycles. The van der Waals surface area contributed by atoms with Gasteiger partial charge in [0.1, 0.15) is 0 Å². The predicted octanol–water partition coefficient (Wildman–Crippen LogP) is 1.65. The number of nitrogens with zero attached hydrogens (tertiary/aromatic N) is 1. The van der Waals surface area contributed by atoms with Crippen LogP contribution in [0.1, 0.15) is 41.7 Å². The minimum Gasteiger partial charge on any atom is -0.349 e. The minimum absolute atomic E-state index is 0.0217. The summed E-state index contributed by atoms with van der Waals surface area (Å²) in [6, 6.07) is 4.52. The van der Waals surface area contributed by atoms with Gasteiger partial charge >= 0.3 is 0 Å². The van der Waals surface area contributed by atoms with Crippen LogP contribution in [-0.4, -0.2) is 30.0 Å². The molecule has 4 heteroatoms. The number of aryl methyl sites for hydroxylation is 1. The summed E-state index contributed by atoms with van der Waals surface area (Å²) in [4.78, 5) is 16.2. The maximum Gasteiger partial charge on any atom is 0.251 e. The second-order valence-corrected chi connectivity index (χ2v) is 5.00. The van der Waals surface area contributed by atoms with Gasteiger partial charge in [-0.25, -0.2) is 0 Å². The summed E-state index contributed by atoms with van der Waals surface area (Å²) in [6.45, 7) is 1.90. The summed E-state index contributed by atoms with van der Waals surface area (Å²) in [7, 11) is 2.00. The molecule has 2 rings (SSSR count). The van der Waals surface area contributed by atoms with E-state index in [1.165, 1.54) is 0 Å². The lowest BCUT2D eigenvalue weighted by molar-refractivity contribution is 0.0924. The van der Waals surface area contributed by atoms with Gasteiger partial charge in [-0.3, -0.25) is 9.78 Å². The molecule has 1 amide bonds. The molecule has 0 bridgehead atoms. The zero-order valence-corrected chi connectivity index (χ0v) is 11.1. The molecule has 2 N–H and O–H groups in total. The molecule has 1 aliphatic carbocycles. The third kappa shape index (κ3) is 3.29. The normalized spacial score (nSPS) is 23.7. The monoisotopic (exact) mass is 247 g/mol. The first kappa shape index (κ1) is 13.0. The second-order valence-electron chi connectivity index (χ2n) is 5.00. The summed E-state index contributed by atoms with van der Waals surface area (Å²) < 4.78 is 0. The Hall–Kier alpha value is -1.42. The molecule has 1 aromatic rings. The predicted molar refractivity (Wildman–Crippen MR) is 71.5 cm³/mol. The number of nitrogens with one attached hydrogen (secondary N) is 2. The van der Waals surface area contributed by atoms with E-state index in [-0.39, 0.29) is 5.91 Å². The fraction of sp³-hybridized carbons (Fsp3) is 0.571. The molecule has 1 saturated carbocycles. The smallest absolute Gasteiger partial charge is 0.251 e. The van der Waals surface area contributed by atoms with Gasteiger partial charge in [0.15, 0.2) is 0 Å². The Kier molecular flexibility index (Phi) is 4.31. The third-order valence-electron chi connectivity index (χ3n) is 3.63. The summed E-state index contributed by atoms with van der Waals surface area (Å²) in [5, 5.41) is 6.41. The largest absolute Gasteiger partial charge is 0.349 e. The van der Waals surface area contributed by atoms with Crippen molar-refractivity contribution < 1.29 is 4.79 Å². The molecule has 4 nitrogen and oxygen atoms in total. The molecule has 98 valence electrons. The van der Waals surface area contributed by atoms with Crippen molar-refractivity contribution in [3.63, 3.8) is 0 Å². The number of amides is 1. The van der Waals surface area contributed by atoms with Crippen LogP contribution in [0.15, 0.2) is 18.3 Å². The average Bonchev–Trinajstić information content (AvgIpc) is 2.39. The van der Waals surface area contributed by atoms with Gasteiger partial charge in [0, 0.05) is 29.5 Å². The van der Waals surface area contributed by atoms with Gasteiger partial charge in [-0.05, 0) is 51.8 Å². The van der Waals surface area contributed by atoms with Crippen LogP contribution < -0.4 is 10.6 Å². The SMILES string of the molecule is CNC1CCC(NC(=O)c2ccnc(C)c2)CC1. The first-order valence-electron chi connectivity index (χ1n) is 6.60. The average molecular weight is 247 g/mol. The number of aromatic nitrogens is 1. The van der Waals surface area contributed by atoms with Crippen LogP contribution in [0.3, 0.4) is 0 Å². The van der Waals surface area contributed by atoms with E-state index >= 15 is 0 Å². The molecule has 0 aromatic carbocycles. The molecule has 0 unspecified atom stereocenters. The van der Waals surface area contributed by atoms with E-state index < -0.39 is 0 Å². The highest BCUT2D eigenvalue weighted by molar-refractivity contribution is 5.94. The number of hydrogen-bond acceptors (Lipinski definition) is 3. The Morgan fingerprint density at radius 3 is 2.56 bits per heavy atom. The Bertz CT molecular complexity index is 411. The Morgan fingerprint density at radius 1 is 1.28 bits per heavy atom. The van der Waals surface area contributed by atoms with E-state index in [9.17, 15) is 4.79 Å².